The summed E-state index contributed by atoms with van der Waals surface area (Å²) in [4.78, 5) is 24.7. The van der Waals surface area contributed by atoms with Gasteiger partial charge in [-0.3, -0.25) is 9.69 Å². The Hall–Kier alpha value is -1.88. The zero-order valence-corrected chi connectivity index (χ0v) is 11.5. The average Bonchev–Trinajstić information content (AvgIpc) is 2.88. The molecule has 1 N–H and O–H groups in total. The molecule has 0 radical (unpaired) electrons. The molecule has 1 atom stereocenters. The fraction of sp³-hybridized carbons (Fsp3) is 0.467. The predicted octanol–water partition coefficient (Wildman–Crippen LogP) is 1.91. The zero-order chi connectivity index (χ0) is 14.5. The summed E-state index contributed by atoms with van der Waals surface area (Å²) in [5, 5.41) is 8.86. The van der Waals surface area contributed by atoms with Crippen molar-refractivity contribution in [3.05, 3.63) is 35.4 Å². The second-order valence-electron chi connectivity index (χ2n) is 4.88. The van der Waals surface area contributed by atoms with E-state index in [1.807, 2.05) is 6.92 Å². The van der Waals surface area contributed by atoms with E-state index in [0.29, 0.717) is 13.2 Å². The van der Waals surface area contributed by atoms with Crippen LogP contribution in [0.15, 0.2) is 24.3 Å². The van der Waals surface area contributed by atoms with E-state index >= 15 is 0 Å². The third-order valence-electron chi connectivity index (χ3n) is 3.51. The Morgan fingerprint density at radius 3 is 2.65 bits per heavy atom. The highest BCUT2D eigenvalue weighted by molar-refractivity contribution is 5.87. The third kappa shape index (κ3) is 3.36. The first-order chi connectivity index (χ1) is 9.61. The number of aromatic carboxylic acids is 1. The van der Waals surface area contributed by atoms with E-state index in [0.717, 1.165) is 24.9 Å². The molecule has 5 nitrogen and oxygen atoms in total. The van der Waals surface area contributed by atoms with Crippen LogP contribution in [0.4, 0.5) is 0 Å². The number of carbonyl (C=O) groups is 2. The van der Waals surface area contributed by atoms with Crippen LogP contribution in [0.2, 0.25) is 0 Å². The molecular formula is C15H19NO4. The molecule has 0 bridgehead atoms. The Balaban J connectivity index is 2.01. The van der Waals surface area contributed by atoms with Crippen molar-refractivity contribution in [3.8, 4) is 0 Å². The summed E-state index contributed by atoms with van der Waals surface area (Å²) in [5.74, 6) is -1.09. The number of likely N-dealkylation sites (tertiary alicyclic amines) is 1. The van der Waals surface area contributed by atoms with Gasteiger partial charge in [-0.2, -0.15) is 0 Å². The molecule has 0 saturated carbocycles. The van der Waals surface area contributed by atoms with Crippen molar-refractivity contribution in [2.45, 2.75) is 32.4 Å². The second kappa shape index (κ2) is 6.52. The minimum Gasteiger partial charge on any atom is -0.478 e. The number of hydrogen-bond donors (Lipinski definition) is 1. The standard InChI is InChI=1S/C15H19NO4/c1-2-20-15(19)13-4-3-9-16(13)10-11-5-7-12(8-6-11)14(17)18/h5-8,13H,2-4,9-10H2,1H3,(H,17,18)/t13-/m1/s1. The summed E-state index contributed by atoms with van der Waals surface area (Å²) in [7, 11) is 0. The first kappa shape index (κ1) is 14.5. The highest BCUT2D eigenvalue weighted by Crippen LogP contribution is 2.21. The van der Waals surface area contributed by atoms with Gasteiger partial charge in [0, 0.05) is 6.54 Å². The molecule has 1 heterocycles. The predicted molar refractivity (Wildman–Crippen MR) is 73.5 cm³/mol. The van der Waals surface area contributed by atoms with Gasteiger partial charge in [0.1, 0.15) is 6.04 Å². The lowest BCUT2D eigenvalue weighted by Crippen LogP contribution is -2.36. The molecule has 0 aliphatic carbocycles. The van der Waals surface area contributed by atoms with Gasteiger partial charge in [0.2, 0.25) is 0 Å². The van der Waals surface area contributed by atoms with Crippen LogP contribution in [-0.2, 0) is 16.1 Å². The SMILES string of the molecule is CCOC(=O)[C@H]1CCCN1Cc1ccc(C(=O)O)cc1. The van der Waals surface area contributed by atoms with E-state index in [4.69, 9.17) is 9.84 Å². The number of carboxylic acid groups (broad SMARTS) is 1. The van der Waals surface area contributed by atoms with Crippen molar-refractivity contribution in [1.82, 2.24) is 4.90 Å². The van der Waals surface area contributed by atoms with Crippen molar-refractivity contribution in [3.63, 3.8) is 0 Å². The van der Waals surface area contributed by atoms with Crippen molar-refractivity contribution in [1.29, 1.82) is 0 Å². The molecule has 0 amide bonds. The van der Waals surface area contributed by atoms with Gasteiger partial charge in [0.15, 0.2) is 0 Å². The number of esters is 1. The van der Waals surface area contributed by atoms with Crippen LogP contribution < -0.4 is 0 Å². The molecule has 1 aromatic rings. The lowest BCUT2D eigenvalue weighted by atomic mass is 10.1. The van der Waals surface area contributed by atoms with Gasteiger partial charge in [-0.25, -0.2) is 4.79 Å². The van der Waals surface area contributed by atoms with Crippen LogP contribution in [0.5, 0.6) is 0 Å². The van der Waals surface area contributed by atoms with Crippen LogP contribution >= 0.6 is 0 Å². The lowest BCUT2D eigenvalue weighted by Gasteiger charge is -2.22. The quantitative estimate of drug-likeness (QED) is 0.833. The number of nitrogens with zero attached hydrogens (tertiary/aromatic N) is 1. The molecule has 108 valence electrons. The number of benzene rings is 1. The molecule has 1 saturated heterocycles. The second-order valence-corrected chi connectivity index (χ2v) is 4.88. The third-order valence-corrected chi connectivity index (χ3v) is 3.51. The molecule has 0 spiro atoms. The molecule has 1 aliphatic heterocycles. The summed E-state index contributed by atoms with van der Waals surface area (Å²) in [6, 6.07) is 6.60. The monoisotopic (exact) mass is 277 g/mol. The summed E-state index contributed by atoms with van der Waals surface area (Å²) in [5.41, 5.74) is 1.28. The van der Waals surface area contributed by atoms with E-state index in [9.17, 15) is 9.59 Å². The maximum absolute atomic E-state index is 11.8. The van der Waals surface area contributed by atoms with Crippen LogP contribution in [-0.4, -0.2) is 41.1 Å². The van der Waals surface area contributed by atoms with Gasteiger partial charge < -0.3 is 9.84 Å². The molecule has 1 aromatic carbocycles. The van der Waals surface area contributed by atoms with Crippen LogP contribution in [0, 0.1) is 0 Å². The molecule has 0 aromatic heterocycles. The first-order valence-electron chi connectivity index (χ1n) is 6.84. The summed E-state index contributed by atoms with van der Waals surface area (Å²) >= 11 is 0. The Labute approximate surface area is 118 Å². The molecular weight excluding hydrogens is 258 g/mol. The Morgan fingerprint density at radius 2 is 2.05 bits per heavy atom. The van der Waals surface area contributed by atoms with Gasteiger partial charge in [0.25, 0.3) is 0 Å². The number of hydrogen-bond acceptors (Lipinski definition) is 4. The fourth-order valence-corrected chi connectivity index (χ4v) is 2.51. The van der Waals surface area contributed by atoms with E-state index < -0.39 is 5.97 Å². The largest absolute Gasteiger partial charge is 0.478 e. The highest BCUT2D eigenvalue weighted by Gasteiger charge is 2.31. The maximum atomic E-state index is 11.8. The molecule has 0 unspecified atom stereocenters. The first-order valence-corrected chi connectivity index (χ1v) is 6.84. The summed E-state index contributed by atoms with van der Waals surface area (Å²) in [6.07, 6.45) is 1.81. The topological polar surface area (TPSA) is 66.8 Å². The normalized spacial score (nSPS) is 18.9. The van der Waals surface area contributed by atoms with Crippen molar-refractivity contribution in [2.75, 3.05) is 13.2 Å². The van der Waals surface area contributed by atoms with E-state index in [-0.39, 0.29) is 17.6 Å². The number of ether oxygens (including phenoxy) is 1. The van der Waals surface area contributed by atoms with Crippen molar-refractivity contribution in [2.24, 2.45) is 0 Å². The molecule has 5 heteroatoms. The molecule has 1 fully saturated rings. The van der Waals surface area contributed by atoms with E-state index in [1.54, 1.807) is 24.3 Å². The summed E-state index contributed by atoms with van der Waals surface area (Å²) < 4.78 is 5.09. The van der Waals surface area contributed by atoms with Crippen LogP contribution in [0.1, 0.15) is 35.7 Å². The van der Waals surface area contributed by atoms with Crippen molar-refractivity contribution >= 4 is 11.9 Å². The molecule has 1 aliphatic rings. The average molecular weight is 277 g/mol. The fourth-order valence-electron chi connectivity index (χ4n) is 2.51. The lowest BCUT2D eigenvalue weighted by molar-refractivity contribution is -0.148. The van der Waals surface area contributed by atoms with E-state index in [1.165, 1.54) is 0 Å². The minimum atomic E-state index is -0.929. The Bertz CT molecular complexity index is 483. The smallest absolute Gasteiger partial charge is 0.335 e. The molecule has 2 rings (SSSR count). The van der Waals surface area contributed by atoms with Gasteiger partial charge in [-0.1, -0.05) is 12.1 Å². The summed E-state index contributed by atoms with van der Waals surface area (Å²) in [6.45, 7) is 3.71. The van der Waals surface area contributed by atoms with Gasteiger partial charge >= 0.3 is 11.9 Å². The zero-order valence-electron chi connectivity index (χ0n) is 11.5. The highest BCUT2D eigenvalue weighted by atomic mass is 16.5. The van der Waals surface area contributed by atoms with Gasteiger partial charge in [0.05, 0.1) is 12.2 Å². The number of carbonyl (C=O) groups excluding carboxylic acids is 1. The minimum absolute atomic E-state index is 0.160. The Kier molecular flexibility index (Phi) is 4.74. The molecule has 20 heavy (non-hydrogen) atoms. The van der Waals surface area contributed by atoms with Crippen LogP contribution in [0.3, 0.4) is 0 Å². The van der Waals surface area contributed by atoms with Crippen molar-refractivity contribution < 1.29 is 19.4 Å². The van der Waals surface area contributed by atoms with Gasteiger partial charge in [-0.15, -0.1) is 0 Å². The van der Waals surface area contributed by atoms with Gasteiger partial charge in [-0.05, 0) is 44.0 Å². The number of rotatable bonds is 5. The Morgan fingerprint density at radius 1 is 1.35 bits per heavy atom. The van der Waals surface area contributed by atoms with E-state index in [2.05, 4.69) is 4.90 Å². The number of carboxylic acids is 1. The maximum Gasteiger partial charge on any atom is 0.335 e. The van der Waals surface area contributed by atoms with Crippen LogP contribution in [0.25, 0.3) is 0 Å².